The minimum Gasteiger partial charge on any atom is -0.389 e. The van der Waals surface area contributed by atoms with Crippen LogP contribution in [0.25, 0.3) is 0 Å². The van der Waals surface area contributed by atoms with Gasteiger partial charge in [0.1, 0.15) is 5.72 Å². The molecule has 0 saturated carbocycles. The monoisotopic (exact) mass is 133 g/mol. The highest BCUT2D eigenvalue weighted by molar-refractivity contribution is 4.79. The predicted octanol–water partition coefficient (Wildman–Crippen LogP) is -0.329. The Bertz CT molecular complexity index is 79.1. The van der Waals surface area contributed by atoms with Crippen molar-refractivity contribution < 1.29 is 10.2 Å². The van der Waals surface area contributed by atoms with Crippen LogP contribution < -0.4 is 5.73 Å². The molecule has 0 radical (unpaired) electrons. The molecule has 2 unspecified atom stereocenters. The van der Waals surface area contributed by atoms with Crippen molar-refractivity contribution in [2.24, 2.45) is 11.7 Å². The maximum absolute atomic E-state index is 9.20. The summed E-state index contributed by atoms with van der Waals surface area (Å²) in [5.41, 5.74) is 3.86. The van der Waals surface area contributed by atoms with E-state index in [0.717, 1.165) is 0 Å². The Morgan fingerprint density at radius 1 is 1.33 bits per heavy atom. The van der Waals surface area contributed by atoms with Gasteiger partial charge in [-0.15, -0.1) is 0 Å². The van der Waals surface area contributed by atoms with Gasteiger partial charge < -0.3 is 15.9 Å². The Morgan fingerprint density at radius 2 is 1.67 bits per heavy atom. The van der Waals surface area contributed by atoms with Crippen molar-refractivity contribution in [3.63, 3.8) is 0 Å². The lowest BCUT2D eigenvalue weighted by Crippen LogP contribution is -2.53. The molecule has 0 bridgehead atoms. The van der Waals surface area contributed by atoms with Crippen molar-refractivity contribution in [1.82, 2.24) is 0 Å². The summed E-state index contributed by atoms with van der Waals surface area (Å²) in [5, 5.41) is 18.1. The molecule has 0 aromatic rings. The zero-order valence-corrected chi connectivity index (χ0v) is 6.13. The van der Waals surface area contributed by atoms with Crippen LogP contribution in [0, 0.1) is 5.92 Å². The molecule has 2 atom stereocenters. The maximum atomic E-state index is 9.20. The van der Waals surface area contributed by atoms with Crippen LogP contribution in [-0.2, 0) is 0 Å². The fourth-order valence-corrected chi connectivity index (χ4v) is 0.482. The van der Waals surface area contributed by atoms with E-state index in [1.807, 2.05) is 0 Å². The van der Waals surface area contributed by atoms with Crippen LogP contribution in [0.2, 0.25) is 0 Å². The Labute approximate surface area is 55.5 Å². The summed E-state index contributed by atoms with van der Waals surface area (Å²) < 4.78 is 0. The Kier molecular flexibility index (Phi) is 2.61. The highest BCUT2D eigenvalue weighted by Gasteiger charge is 2.30. The average Bonchev–Trinajstić information content (AvgIpc) is 1.65. The van der Waals surface area contributed by atoms with E-state index < -0.39 is 11.8 Å². The van der Waals surface area contributed by atoms with Crippen molar-refractivity contribution in [3.05, 3.63) is 0 Å². The summed E-state index contributed by atoms with van der Waals surface area (Å²) in [5.74, 6) is -0.127. The minimum absolute atomic E-state index is 0.127. The highest BCUT2D eigenvalue weighted by Crippen LogP contribution is 2.13. The molecule has 0 aliphatic heterocycles. The molecule has 0 aromatic heterocycles. The Morgan fingerprint density at radius 3 is 1.67 bits per heavy atom. The van der Waals surface area contributed by atoms with E-state index in [2.05, 4.69) is 0 Å². The number of hydrogen-bond acceptors (Lipinski definition) is 3. The molecule has 0 amide bonds. The van der Waals surface area contributed by atoms with Gasteiger partial charge in [-0.1, -0.05) is 13.8 Å². The Hall–Kier alpha value is -0.120. The minimum atomic E-state index is -1.44. The number of aliphatic hydroxyl groups excluding tert-OH is 1. The first-order valence-corrected chi connectivity index (χ1v) is 3.08. The topological polar surface area (TPSA) is 66.5 Å². The van der Waals surface area contributed by atoms with Crippen molar-refractivity contribution in [1.29, 1.82) is 0 Å². The van der Waals surface area contributed by atoms with Gasteiger partial charge in [-0.25, -0.2) is 0 Å². The zero-order chi connectivity index (χ0) is 7.65. The highest BCUT2D eigenvalue weighted by atomic mass is 16.4. The first-order valence-electron chi connectivity index (χ1n) is 3.08. The van der Waals surface area contributed by atoms with Crippen LogP contribution in [0.15, 0.2) is 0 Å². The molecule has 0 aliphatic carbocycles. The molecule has 0 heterocycles. The molecule has 0 fully saturated rings. The molecule has 3 nitrogen and oxygen atoms in total. The number of hydrogen-bond donors (Lipinski definition) is 3. The van der Waals surface area contributed by atoms with Crippen molar-refractivity contribution >= 4 is 0 Å². The largest absolute Gasteiger partial charge is 0.389 e. The van der Waals surface area contributed by atoms with Crippen LogP contribution in [0.3, 0.4) is 0 Å². The van der Waals surface area contributed by atoms with E-state index in [9.17, 15) is 5.11 Å². The quantitative estimate of drug-likeness (QED) is 0.452. The fourth-order valence-electron chi connectivity index (χ4n) is 0.482. The van der Waals surface area contributed by atoms with E-state index in [1.54, 1.807) is 13.8 Å². The van der Waals surface area contributed by atoms with Gasteiger partial charge in [-0.2, -0.15) is 0 Å². The molecule has 0 aliphatic rings. The van der Waals surface area contributed by atoms with Gasteiger partial charge in [0.25, 0.3) is 0 Å². The van der Waals surface area contributed by atoms with E-state index >= 15 is 0 Å². The standard InChI is InChI=1S/C6H15NO2/c1-4(2)6(7,9)5(3)8/h4-5,8-9H,7H2,1-3H3. The fraction of sp³-hybridized carbons (Fsp3) is 1.00. The molecule has 9 heavy (non-hydrogen) atoms. The first-order chi connectivity index (χ1) is 3.89. The molecule has 0 spiro atoms. The number of rotatable bonds is 2. The third-order valence-electron chi connectivity index (χ3n) is 1.59. The second kappa shape index (κ2) is 2.64. The van der Waals surface area contributed by atoms with Crippen molar-refractivity contribution in [2.45, 2.75) is 32.6 Å². The van der Waals surface area contributed by atoms with E-state index in [0.29, 0.717) is 0 Å². The van der Waals surface area contributed by atoms with Crippen LogP contribution >= 0.6 is 0 Å². The third-order valence-corrected chi connectivity index (χ3v) is 1.59. The lowest BCUT2D eigenvalue weighted by Gasteiger charge is -2.30. The third kappa shape index (κ3) is 1.93. The van der Waals surface area contributed by atoms with Gasteiger partial charge in [0.05, 0.1) is 6.10 Å². The molecule has 0 rings (SSSR count). The van der Waals surface area contributed by atoms with E-state index in [-0.39, 0.29) is 5.92 Å². The molecule has 56 valence electrons. The second-order valence-corrected chi connectivity index (χ2v) is 2.72. The van der Waals surface area contributed by atoms with E-state index in [1.165, 1.54) is 6.92 Å². The van der Waals surface area contributed by atoms with Crippen LogP contribution in [-0.4, -0.2) is 22.0 Å². The van der Waals surface area contributed by atoms with E-state index in [4.69, 9.17) is 10.8 Å². The molecular weight excluding hydrogens is 118 g/mol. The van der Waals surface area contributed by atoms with Crippen LogP contribution in [0.1, 0.15) is 20.8 Å². The van der Waals surface area contributed by atoms with Crippen LogP contribution in [0.5, 0.6) is 0 Å². The second-order valence-electron chi connectivity index (χ2n) is 2.72. The Balaban J connectivity index is 4.01. The molecule has 0 aromatic carbocycles. The van der Waals surface area contributed by atoms with Gasteiger partial charge >= 0.3 is 0 Å². The lowest BCUT2D eigenvalue weighted by atomic mass is 9.96. The normalized spacial score (nSPS) is 21.7. The van der Waals surface area contributed by atoms with Crippen LogP contribution in [0.4, 0.5) is 0 Å². The molecule has 0 saturated heterocycles. The van der Waals surface area contributed by atoms with Gasteiger partial charge in [-0.05, 0) is 12.8 Å². The molecule has 4 N–H and O–H groups in total. The summed E-state index contributed by atoms with van der Waals surface area (Å²) in [7, 11) is 0. The summed E-state index contributed by atoms with van der Waals surface area (Å²) >= 11 is 0. The molecule has 3 heteroatoms. The summed E-state index contributed by atoms with van der Waals surface area (Å²) in [6.07, 6.45) is -0.877. The first kappa shape index (κ1) is 8.88. The summed E-state index contributed by atoms with van der Waals surface area (Å²) in [6.45, 7) is 4.99. The SMILES string of the molecule is CC(C)C(N)(O)C(C)O. The van der Waals surface area contributed by atoms with Gasteiger partial charge in [0.15, 0.2) is 0 Å². The maximum Gasteiger partial charge on any atom is 0.141 e. The lowest BCUT2D eigenvalue weighted by molar-refractivity contribution is -0.0928. The number of aliphatic hydroxyl groups is 2. The number of nitrogens with two attached hydrogens (primary N) is 1. The van der Waals surface area contributed by atoms with Crippen molar-refractivity contribution in [3.8, 4) is 0 Å². The predicted molar refractivity (Wildman–Crippen MR) is 35.7 cm³/mol. The zero-order valence-electron chi connectivity index (χ0n) is 6.13. The van der Waals surface area contributed by atoms with Gasteiger partial charge in [-0.3, -0.25) is 0 Å². The molecular formula is C6H15NO2. The smallest absolute Gasteiger partial charge is 0.141 e. The average molecular weight is 133 g/mol. The van der Waals surface area contributed by atoms with Gasteiger partial charge in [0, 0.05) is 0 Å². The van der Waals surface area contributed by atoms with Gasteiger partial charge in [0.2, 0.25) is 0 Å². The van der Waals surface area contributed by atoms with Crippen molar-refractivity contribution in [2.75, 3.05) is 0 Å². The summed E-state index contributed by atoms with van der Waals surface area (Å²) in [6, 6.07) is 0. The summed E-state index contributed by atoms with van der Waals surface area (Å²) in [4.78, 5) is 0.